The third kappa shape index (κ3) is 2.71. The molecule has 0 saturated carbocycles. The highest BCUT2D eigenvalue weighted by molar-refractivity contribution is 5.43. The molecule has 2 heterocycles. The van der Waals surface area contributed by atoms with Gasteiger partial charge in [-0.05, 0) is 32.3 Å². The van der Waals surface area contributed by atoms with E-state index in [1.165, 1.54) is 6.92 Å². The predicted molar refractivity (Wildman–Crippen MR) is 82.7 cm³/mol. The summed E-state index contributed by atoms with van der Waals surface area (Å²) in [6, 6.07) is 0. The van der Waals surface area contributed by atoms with Crippen molar-refractivity contribution in [3.05, 3.63) is 39.0 Å². The Hall–Kier alpha value is -1.59. The van der Waals surface area contributed by atoms with Gasteiger partial charge in [0, 0.05) is 0 Å². The fraction of sp³-hybridized carbons (Fsp3) is 0.588. The van der Waals surface area contributed by atoms with Gasteiger partial charge in [0.25, 0.3) is 0 Å². The Morgan fingerprint density at radius 3 is 2.77 bits per heavy atom. The molecule has 3 atom stereocenters. The first-order valence-corrected chi connectivity index (χ1v) is 7.58. The van der Waals surface area contributed by atoms with E-state index in [1.807, 2.05) is 6.92 Å². The van der Waals surface area contributed by atoms with Gasteiger partial charge >= 0.3 is 5.63 Å². The van der Waals surface area contributed by atoms with Crippen LogP contribution in [0.2, 0.25) is 0 Å². The van der Waals surface area contributed by atoms with Crippen molar-refractivity contribution in [1.82, 2.24) is 0 Å². The molecule has 0 bridgehead atoms. The Morgan fingerprint density at radius 1 is 1.55 bits per heavy atom. The highest BCUT2D eigenvalue weighted by Crippen LogP contribution is 2.41. The second-order valence-electron chi connectivity index (χ2n) is 6.31. The predicted octanol–water partition coefficient (Wildman–Crippen LogP) is 2.75. The summed E-state index contributed by atoms with van der Waals surface area (Å²) < 4.78 is 11.0. The van der Waals surface area contributed by atoms with Crippen molar-refractivity contribution in [3.8, 4) is 5.75 Å². The molecule has 1 aromatic heterocycles. The van der Waals surface area contributed by atoms with Crippen LogP contribution in [0, 0.1) is 12.8 Å². The molecule has 0 aromatic carbocycles. The van der Waals surface area contributed by atoms with Crippen LogP contribution in [0.4, 0.5) is 0 Å². The van der Waals surface area contributed by atoms with Gasteiger partial charge < -0.3 is 19.4 Å². The maximum atomic E-state index is 11.8. The summed E-state index contributed by atoms with van der Waals surface area (Å²) in [5, 5.41) is 21.0. The van der Waals surface area contributed by atoms with Crippen molar-refractivity contribution in [3.63, 3.8) is 0 Å². The van der Waals surface area contributed by atoms with Gasteiger partial charge in [-0.25, -0.2) is 4.79 Å². The Balaban J connectivity index is 2.51. The van der Waals surface area contributed by atoms with Gasteiger partial charge in [-0.2, -0.15) is 0 Å². The number of hydrogen-bond acceptors (Lipinski definition) is 5. The monoisotopic (exact) mass is 308 g/mol. The molecule has 0 aliphatic carbocycles. The zero-order chi connectivity index (χ0) is 16.7. The lowest BCUT2D eigenvalue weighted by Crippen LogP contribution is -2.44. The molecular weight excluding hydrogens is 284 g/mol. The fourth-order valence-corrected chi connectivity index (χ4v) is 2.88. The van der Waals surface area contributed by atoms with Crippen LogP contribution in [0.5, 0.6) is 5.75 Å². The average Bonchev–Trinajstić information content (AvgIpc) is 2.45. The second-order valence-corrected chi connectivity index (χ2v) is 6.31. The first-order valence-electron chi connectivity index (χ1n) is 7.58. The van der Waals surface area contributed by atoms with Crippen LogP contribution in [0.3, 0.4) is 0 Å². The normalized spacial score (nSPS) is 26.6. The maximum absolute atomic E-state index is 11.8. The Kier molecular flexibility index (Phi) is 4.49. The summed E-state index contributed by atoms with van der Waals surface area (Å²) in [6.07, 6.45) is 2.42. The smallest absolute Gasteiger partial charge is 0.342 e. The number of hydrogen-bond donors (Lipinski definition) is 2. The molecule has 2 rings (SSSR count). The third-order valence-electron chi connectivity index (χ3n) is 4.39. The van der Waals surface area contributed by atoms with E-state index in [2.05, 4.69) is 19.9 Å². The zero-order valence-corrected chi connectivity index (χ0v) is 13.8. The van der Waals surface area contributed by atoms with E-state index in [0.29, 0.717) is 11.5 Å². The van der Waals surface area contributed by atoms with E-state index < -0.39 is 17.3 Å². The molecule has 0 fully saturated rings. The summed E-state index contributed by atoms with van der Waals surface area (Å²) >= 11 is 0. The summed E-state index contributed by atoms with van der Waals surface area (Å²) in [7, 11) is 0. The molecule has 0 saturated heterocycles. The van der Waals surface area contributed by atoms with Crippen molar-refractivity contribution >= 4 is 0 Å². The standard InChI is InChI=1S/C17H24O5/c1-6-9(2)7-10(3)14-17(5,20)15-12(8-21-14)13(18)11(4)16(19)22-15/h7,9,14,18,20H,6,8H2,1-5H3/b10-7+/t9-,14+,17-/m0/s1. The van der Waals surface area contributed by atoms with Crippen molar-refractivity contribution in [2.45, 2.75) is 59.4 Å². The summed E-state index contributed by atoms with van der Waals surface area (Å²) in [5.74, 6) is 0.293. The fourth-order valence-electron chi connectivity index (χ4n) is 2.88. The van der Waals surface area contributed by atoms with Crippen LogP contribution >= 0.6 is 0 Å². The topological polar surface area (TPSA) is 79.9 Å². The quantitative estimate of drug-likeness (QED) is 0.839. The molecule has 5 nitrogen and oxygen atoms in total. The van der Waals surface area contributed by atoms with Gasteiger partial charge in [-0.15, -0.1) is 0 Å². The Bertz CT molecular complexity index is 654. The van der Waals surface area contributed by atoms with Crippen LogP contribution in [-0.4, -0.2) is 16.3 Å². The van der Waals surface area contributed by atoms with Gasteiger partial charge in [0.05, 0.1) is 17.7 Å². The Labute approximate surface area is 130 Å². The first kappa shape index (κ1) is 16.8. The lowest BCUT2D eigenvalue weighted by atomic mass is 9.84. The van der Waals surface area contributed by atoms with E-state index in [1.54, 1.807) is 6.92 Å². The molecule has 0 spiro atoms. The molecule has 1 aliphatic rings. The van der Waals surface area contributed by atoms with E-state index in [-0.39, 0.29) is 23.7 Å². The molecule has 22 heavy (non-hydrogen) atoms. The molecular formula is C17H24O5. The van der Waals surface area contributed by atoms with Gasteiger partial charge in [0.15, 0.2) is 5.76 Å². The number of fused-ring (bicyclic) bond motifs is 1. The number of aromatic hydroxyl groups is 1. The second kappa shape index (κ2) is 5.89. The molecule has 5 heteroatoms. The molecule has 0 amide bonds. The summed E-state index contributed by atoms with van der Waals surface area (Å²) in [6.45, 7) is 9.19. The molecule has 0 unspecified atom stereocenters. The lowest BCUT2D eigenvalue weighted by molar-refractivity contribution is -0.122. The number of ether oxygens (including phenoxy) is 1. The highest BCUT2D eigenvalue weighted by atomic mass is 16.5. The van der Waals surface area contributed by atoms with Crippen LogP contribution in [0.25, 0.3) is 0 Å². The Morgan fingerprint density at radius 2 is 2.18 bits per heavy atom. The molecule has 1 aromatic rings. The maximum Gasteiger partial charge on any atom is 0.342 e. The average molecular weight is 308 g/mol. The number of rotatable bonds is 3. The minimum Gasteiger partial charge on any atom is -0.507 e. The van der Waals surface area contributed by atoms with Gasteiger partial charge in [-0.1, -0.05) is 26.3 Å². The van der Waals surface area contributed by atoms with Gasteiger partial charge in [-0.3, -0.25) is 0 Å². The molecule has 0 radical (unpaired) electrons. The van der Waals surface area contributed by atoms with E-state index in [0.717, 1.165) is 12.0 Å². The van der Waals surface area contributed by atoms with Crippen molar-refractivity contribution in [1.29, 1.82) is 0 Å². The van der Waals surface area contributed by atoms with Crippen LogP contribution in [0.1, 0.15) is 51.0 Å². The highest BCUT2D eigenvalue weighted by Gasteiger charge is 2.45. The van der Waals surface area contributed by atoms with E-state index in [9.17, 15) is 15.0 Å². The number of allylic oxidation sites excluding steroid dienone is 1. The van der Waals surface area contributed by atoms with Gasteiger partial charge in [0.2, 0.25) is 0 Å². The zero-order valence-electron chi connectivity index (χ0n) is 13.8. The van der Waals surface area contributed by atoms with E-state index >= 15 is 0 Å². The minimum atomic E-state index is -1.51. The third-order valence-corrected chi connectivity index (χ3v) is 4.39. The SMILES string of the molecule is CC[C@H](C)/C=C(\C)[C@H]1OCc2c(oc(=O)c(C)c2O)[C@@]1(C)O. The van der Waals surface area contributed by atoms with Crippen molar-refractivity contribution in [2.75, 3.05) is 0 Å². The molecule has 2 N–H and O–H groups in total. The molecule has 122 valence electrons. The van der Waals surface area contributed by atoms with Crippen LogP contribution in [-0.2, 0) is 16.9 Å². The van der Waals surface area contributed by atoms with Crippen LogP contribution < -0.4 is 5.63 Å². The number of aliphatic hydroxyl groups is 1. The molecule has 1 aliphatic heterocycles. The summed E-state index contributed by atoms with van der Waals surface area (Å²) in [4.78, 5) is 11.8. The van der Waals surface area contributed by atoms with Gasteiger partial charge in [0.1, 0.15) is 17.5 Å². The summed E-state index contributed by atoms with van der Waals surface area (Å²) in [5.41, 5.74) is -0.794. The minimum absolute atomic E-state index is 0.0914. The largest absolute Gasteiger partial charge is 0.507 e. The van der Waals surface area contributed by atoms with Crippen molar-refractivity contribution in [2.24, 2.45) is 5.92 Å². The van der Waals surface area contributed by atoms with Crippen molar-refractivity contribution < 1.29 is 19.4 Å². The first-order chi connectivity index (χ1) is 10.2. The van der Waals surface area contributed by atoms with Crippen LogP contribution in [0.15, 0.2) is 20.9 Å². The lowest BCUT2D eigenvalue weighted by Gasteiger charge is -2.38. The van der Waals surface area contributed by atoms with E-state index in [4.69, 9.17) is 9.15 Å².